The Kier molecular flexibility index (Phi) is 5.82. The van der Waals surface area contributed by atoms with Crippen molar-refractivity contribution in [3.63, 3.8) is 0 Å². The lowest BCUT2D eigenvalue weighted by molar-refractivity contribution is -0.139. The molecule has 3 aromatic carbocycles. The summed E-state index contributed by atoms with van der Waals surface area (Å²) in [6.07, 6.45) is 0.575. The number of hydrogen-bond acceptors (Lipinski definition) is 4. The molecule has 0 spiro atoms. The SMILES string of the molecule is Cc1ccc(C)c(/C(O)=C2/C(=O)C(=O)N(CCc3ccccc3)C2c2ccc(O)cc2)c1. The molecule has 0 radical (unpaired) electrons. The van der Waals surface area contributed by atoms with Crippen molar-refractivity contribution in [2.75, 3.05) is 6.54 Å². The van der Waals surface area contributed by atoms with E-state index < -0.39 is 17.7 Å². The van der Waals surface area contributed by atoms with E-state index in [1.165, 1.54) is 17.0 Å². The highest BCUT2D eigenvalue weighted by atomic mass is 16.3. The number of nitrogens with zero attached hydrogens (tertiary/aromatic N) is 1. The van der Waals surface area contributed by atoms with Crippen LogP contribution in [0.1, 0.15) is 33.9 Å². The minimum Gasteiger partial charge on any atom is -0.508 e. The lowest BCUT2D eigenvalue weighted by atomic mass is 9.93. The van der Waals surface area contributed by atoms with Crippen molar-refractivity contribution in [2.45, 2.75) is 26.3 Å². The molecule has 3 aromatic rings. The van der Waals surface area contributed by atoms with E-state index in [9.17, 15) is 19.8 Å². The van der Waals surface area contributed by atoms with Gasteiger partial charge in [-0.2, -0.15) is 0 Å². The summed E-state index contributed by atoms with van der Waals surface area (Å²) in [5, 5.41) is 21.0. The number of amides is 1. The Labute approximate surface area is 187 Å². The minimum absolute atomic E-state index is 0.0717. The number of aliphatic hydroxyl groups is 1. The number of aliphatic hydroxyl groups excluding tert-OH is 1. The standard InChI is InChI=1S/C27H25NO4/c1-17-8-9-18(2)22(16-17)25(30)23-24(20-10-12-21(29)13-11-20)28(27(32)26(23)31)15-14-19-6-4-3-5-7-19/h3-13,16,24,29-30H,14-15H2,1-2H3/b25-23-. The number of phenols is 1. The zero-order valence-corrected chi connectivity index (χ0v) is 18.1. The van der Waals surface area contributed by atoms with Crippen LogP contribution in [0.25, 0.3) is 5.76 Å². The maximum Gasteiger partial charge on any atom is 0.295 e. The van der Waals surface area contributed by atoms with Crippen molar-refractivity contribution in [3.8, 4) is 5.75 Å². The van der Waals surface area contributed by atoms with Gasteiger partial charge in [0, 0.05) is 12.1 Å². The molecule has 1 fully saturated rings. The maximum atomic E-state index is 13.1. The first-order valence-electron chi connectivity index (χ1n) is 10.6. The van der Waals surface area contributed by atoms with E-state index in [4.69, 9.17) is 0 Å². The fourth-order valence-electron chi connectivity index (χ4n) is 4.14. The van der Waals surface area contributed by atoms with Crippen LogP contribution in [-0.4, -0.2) is 33.3 Å². The van der Waals surface area contributed by atoms with E-state index in [0.29, 0.717) is 24.1 Å². The van der Waals surface area contributed by atoms with Crippen LogP contribution in [0, 0.1) is 13.8 Å². The Bertz CT molecular complexity index is 1200. The van der Waals surface area contributed by atoms with Gasteiger partial charge < -0.3 is 15.1 Å². The number of phenolic OH excluding ortho intramolecular Hbond substituents is 1. The Hall–Kier alpha value is -3.86. The van der Waals surface area contributed by atoms with Gasteiger partial charge >= 0.3 is 0 Å². The van der Waals surface area contributed by atoms with E-state index in [1.54, 1.807) is 12.1 Å². The number of hydrogen-bond donors (Lipinski definition) is 2. The fraction of sp³-hybridized carbons (Fsp3) is 0.185. The number of carbonyl (C=O) groups is 2. The number of aryl methyl sites for hydroxylation is 2. The predicted octanol–water partition coefficient (Wildman–Crippen LogP) is 4.67. The van der Waals surface area contributed by atoms with Crippen molar-refractivity contribution in [1.82, 2.24) is 4.90 Å². The summed E-state index contributed by atoms with van der Waals surface area (Å²) in [6, 6.07) is 21.0. The number of carbonyl (C=O) groups excluding carboxylic acids is 2. The van der Waals surface area contributed by atoms with Gasteiger partial charge in [0.05, 0.1) is 11.6 Å². The third-order valence-electron chi connectivity index (χ3n) is 5.88. The van der Waals surface area contributed by atoms with Crippen molar-refractivity contribution < 1.29 is 19.8 Å². The van der Waals surface area contributed by atoms with Gasteiger partial charge in [0.15, 0.2) is 0 Å². The van der Waals surface area contributed by atoms with Gasteiger partial charge in [-0.1, -0.05) is 60.2 Å². The average Bonchev–Trinajstić information content (AvgIpc) is 3.05. The normalized spacial score (nSPS) is 17.7. The Morgan fingerprint density at radius 3 is 2.31 bits per heavy atom. The molecule has 1 aliphatic heterocycles. The van der Waals surface area contributed by atoms with Crippen LogP contribution in [0.15, 0.2) is 78.4 Å². The molecule has 0 aliphatic carbocycles. The molecule has 1 saturated heterocycles. The van der Waals surface area contributed by atoms with Gasteiger partial charge in [-0.3, -0.25) is 9.59 Å². The zero-order valence-electron chi connectivity index (χ0n) is 18.1. The zero-order chi connectivity index (χ0) is 22.8. The van der Waals surface area contributed by atoms with Crippen molar-refractivity contribution in [1.29, 1.82) is 0 Å². The van der Waals surface area contributed by atoms with Crippen LogP contribution in [0.2, 0.25) is 0 Å². The lowest BCUT2D eigenvalue weighted by Gasteiger charge is -2.25. The summed E-state index contributed by atoms with van der Waals surface area (Å²) in [6.45, 7) is 4.09. The smallest absolute Gasteiger partial charge is 0.295 e. The largest absolute Gasteiger partial charge is 0.508 e. The van der Waals surface area contributed by atoms with Crippen LogP contribution in [0.5, 0.6) is 5.75 Å². The highest BCUT2D eigenvalue weighted by Gasteiger charge is 2.45. The Balaban J connectivity index is 1.82. The summed E-state index contributed by atoms with van der Waals surface area (Å²) >= 11 is 0. The number of likely N-dealkylation sites (tertiary alicyclic amines) is 1. The van der Waals surface area contributed by atoms with Crippen molar-refractivity contribution in [3.05, 3.63) is 106 Å². The number of benzene rings is 3. The quantitative estimate of drug-likeness (QED) is 0.352. The predicted molar refractivity (Wildman–Crippen MR) is 123 cm³/mol. The lowest BCUT2D eigenvalue weighted by Crippen LogP contribution is -2.31. The first kappa shape index (κ1) is 21.4. The average molecular weight is 428 g/mol. The van der Waals surface area contributed by atoms with Crippen LogP contribution >= 0.6 is 0 Å². The third kappa shape index (κ3) is 4.02. The minimum atomic E-state index is -0.737. The van der Waals surface area contributed by atoms with Gasteiger partial charge in [-0.05, 0) is 55.2 Å². The molecule has 5 nitrogen and oxygen atoms in total. The summed E-state index contributed by atoms with van der Waals surface area (Å²) < 4.78 is 0. The van der Waals surface area contributed by atoms with Gasteiger partial charge in [0.25, 0.3) is 11.7 Å². The van der Waals surface area contributed by atoms with E-state index in [-0.39, 0.29) is 17.1 Å². The molecule has 162 valence electrons. The topological polar surface area (TPSA) is 77.8 Å². The molecule has 2 N–H and O–H groups in total. The molecule has 0 bridgehead atoms. The first-order valence-corrected chi connectivity index (χ1v) is 10.6. The molecule has 5 heteroatoms. The number of aromatic hydroxyl groups is 1. The third-order valence-corrected chi connectivity index (χ3v) is 5.88. The summed E-state index contributed by atoms with van der Waals surface area (Å²) in [5.41, 5.74) is 4.07. The van der Waals surface area contributed by atoms with Gasteiger partial charge in [-0.25, -0.2) is 0 Å². The summed E-state index contributed by atoms with van der Waals surface area (Å²) in [5.74, 6) is -1.42. The summed E-state index contributed by atoms with van der Waals surface area (Å²) in [4.78, 5) is 27.7. The molecule has 0 saturated carbocycles. The Morgan fingerprint density at radius 2 is 1.62 bits per heavy atom. The number of ketones is 1. The van der Waals surface area contributed by atoms with Crippen LogP contribution in [-0.2, 0) is 16.0 Å². The van der Waals surface area contributed by atoms with E-state index in [0.717, 1.165) is 16.7 Å². The van der Waals surface area contributed by atoms with E-state index >= 15 is 0 Å². The second kappa shape index (κ2) is 8.71. The van der Waals surface area contributed by atoms with E-state index in [1.807, 2.05) is 62.4 Å². The molecule has 1 aliphatic rings. The maximum absolute atomic E-state index is 13.1. The molecular formula is C27H25NO4. The molecule has 0 aromatic heterocycles. The van der Waals surface area contributed by atoms with Crippen LogP contribution in [0.3, 0.4) is 0 Å². The first-order chi connectivity index (χ1) is 15.4. The Morgan fingerprint density at radius 1 is 0.938 bits per heavy atom. The monoisotopic (exact) mass is 427 g/mol. The van der Waals surface area contributed by atoms with Crippen LogP contribution < -0.4 is 0 Å². The highest BCUT2D eigenvalue weighted by Crippen LogP contribution is 2.40. The highest BCUT2D eigenvalue weighted by molar-refractivity contribution is 6.46. The van der Waals surface area contributed by atoms with Gasteiger partial charge in [0.2, 0.25) is 0 Å². The van der Waals surface area contributed by atoms with E-state index in [2.05, 4.69) is 0 Å². The molecule has 1 heterocycles. The second-order valence-corrected chi connectivity index (χ2v) is 8.14. The van der Waals surface area contributed by atoms with Crippen molar-refractivity contribution in [2.24, 2.45) is 0 Å². The number of Topliss-reactive ketones (excluding diaryl/α,β-unsaturated/α-hetero) is 1. The molecule has 1 unspecified atom stereocenters. The number of rotatable bonds is 5. The molecule has 1 amide bonds. The molecule has 32 heavy (non-hydrogen) atoms. The van der Waals surface area contributed by atoms with Gasteiger partial charge in [0.1, 0.15) is 11.5 Å². The van der Waals surface area contributed by atoms with Crippen LogP contribution in [0.4, 0.5) is 0 Å². The van der Waals surface area contributed by atoms with Gasteiger partial charge in [-0.15, -0.1) is 0 Å². The fourth-order valence-corrected chi connectivity index (χ4v) is 4.14. The van der Waals surface area contributed by atoms with Crippen molar-refractivity contribution >= 4 is 17.4 Å². The summed E-state index contributed by atoms with van der Waals surface area (Å²) in [7, 11) is 0. The molecule has 4 rings (SSSR count). The molecular weight excluding hydrogens is 402 g/mol. The molecule has 1 atom stereocenters. The second-order valence-electron chi connectivity index (χ2n) is 8.14.